The third-order valence-electron chi connectivity index (χ3n) is 2.70. The van der Waals surface area contributed by atoms with E-state index in [1.165, 1.54) is 0 Å². The summed E-state index contributed by atoms with van der Waals surface area (Å²) in [4.78, 5) is 0. The van der Waals surface area contributed by atoms with E-state index in [1.54, 1.807) is 44.6 Å². The van der Waals surface area contributed by atoms with Gasteiger partial charge < -0.3 is 14.3 Å². The predicted molar refractivity (Wildman–Crippen MR) is 65.5 cm³/mol. The smallest absolute Gasteiger partial charge is 0.120 e. The minimum atomic E-state index is -0.785. The number of benzene rings is 1. The fourth-order valence-corrected chi connectivity index (χ4v) is 1.98. The van der Waals surface area contributed by atoms with Crippen molar-refractivity contribution in [2.24, 2.45) is 0 Å². The van der Waals surface area contributed by atoms with Gasteiger partial charge in [0.1, 0.15) is 17.6 Å². The molecule has 0 aliphatic rings. The first-order valence-electron chi connectivity index (χ1n) is 5.19. The SMILES string of the molecule is COc1ccc(C(O)c2ccoc2C)c(Cl)c1. The molecule has 2 rings (SSSR count). The van der Waals surface area contributed by atoms with Gasteiger partial charge in [0, 0.05) is 11.1 Å². The van der Waals surface area contributed by atoms with E-state index in [0.29, 0.717) is 22.1 Å². The molecule has 2 aromatic rings. The molecule has 0 saturated heterocycles. The summed E-state index contributed by atoms with van der Waals surface area (Å²) in [6, 6.07) is 6.92. The van der Waals surface area contributed by atoms with Crippen molar-refractivity contribution in [3.8, 4) is 5.75 Å². The van der Waals surface area contributed by atoms with Crippen LogP contribution in [-0.2, 0) is 0 Å². The molecular weight excluding hydrogens is 240 g/mol. The van der Waals surface area contributed by atoms with Gasteiger partial charge in [-0.25, -0.2) is 0 Å². The number of furan rings is 1. The number of halogens is 1. The van der Waals surface area contributed by atoms with Crippen LogP contribution in [-0.4, -0.2) is 12.2 Å². The van der Waals surface area contributed by atoms with Gasteiger partial charge >= 0.3 is 0 Å². The van der Waals surface area contributed by atoms with E-state index < -0.39 is 6.10 Å². The minimum absolute atomic E-state index is 0.470. The van der Waals surface area contributed by atoms with Gasteiger partial charge in [0.25, 0.3) is 0 Å². The van der Waals surface area contributed by atoms with Crippen LogP contribution >= 0.6 is 11.6 Å². The second kappa shape index (κ2) is 4.82. The maximum absolute atomic E-state index is 10.2. The van der Waals surface area contributed by atoms with E-state index in [4.69, 9.17) is 20.8 Å². The Kier molecular flexibility index (Phi) is 3.41. The van der Waals surface area contributed by atoms with Crippen LogP contribution in [0.25, 0.3) is 0 Å². The molecule has 0 aliphatic heterocycles. The van der Waals surface area contributed by atoms with E-state index in [-0.39, 0.29) is 0 Å². The van der Waals surface area contributed by atoms with Crippen LogP contribution in [0.2, 0.25) is 5.02 Å². The first-order valence-corrected chi connectivity index (χ1v) is 5.56. The van der Waals surface area contributed by atoms with Crippen molar-refractivity contribution in [3.05, 3.63) is 52.4 Å². The standard InChI is InChI=1S/C13H13ClO3/c1-8-10(5-6-17-8)13(15)11-4-3-9(16-2)7-12(11)14/h3-7,13,15H,1-2H3. The van der Waals surface area contributed by atoms with E-state index in [2.05, 4.69) is 0 Å². The number of methoxy groups -OCH3 is 1. The zero-order valence-corrected chi connectivity index (χ0v) is 10.4. The Morgan fingerprint density at radius 3 is 2.59 bits per heavy atom. The van der Waals surface area contributed by atoms with Gasteiger partial charge in [0.2, 0.25) is 0 Å². The molecule has 0 saturated carbocycles. The van der Waals surface area contributed by atoms with Crippen molar-refractivity contribution in [1.82, 2.24) is 0 Å². The molecule has 0 spiro atoms. The molecule has 1 atom stereocenters. The lowest BCUT2D eigenvalue weighted by Crippen LogP contribution is -2.01. The Labute approximate surface area is 105 Å². The third kappa shape index (κ3) is 2.30. The number of aryl methyl sites for hydroxylation is 1. The molecule has 0 bridgehead atoms. The van der Waals surface area contributed by atoms with Crippen LogP contribution in [0.5, 0.6) is 5.75 Å². The Hall–Kier alpha value is -1.45. The van der Waals surface area contributed by atoms with Crippen molar-refractivity contribution in [2.75, 3.05) is 7.11 Å². The summed E-state index contributed by atoms with van der Waals surface area (Å²) < 4.78 is 10.2. The van der Waals surface area contributed by atoms with Gasteiger partial charge in [0.15, 0.2) is 0 Å². The summed E-state index contributed by atoms with van der Waals surface area (Å²) >= 11 is 6.10. The quantitative estimate of drug-likeness (QED) is 0.911. The number of aliphatic hydroxyl groups is 1. The van der Waals surface area contributed by atoms with Gasteiger partial charge in [-0.2, -0.15) is 0 Å². The fourth-order valence-electron chi connectivity index (χ4n) is 1.70. The lowest BCUT2D eigenvalue weighted by atomic mass is 10.0. The molecule has 1 N–H and O–H groups in total. The molecule has 1 aromatic heterocycles. The zero-order chi connectivity index (χ0) is 12.4. The summed E-state index contributed by atoms with van der Waals surface area (Å²) in [5, 5.41) is 10.7. The lowest BCUT2D eigenvalue weighted by molar-refractivity contribution is 0.218. The fraction of sp³-hybridized carbons (Fsp3) is 0.231. The highest BCUT2D eigenvalue weighted by molar-refractivity contribution is 6.31. The largest absolute Gasteiger partial charge is 0.497 e. The average Bonchev–Trinajstić information content (AvgIpc) is 2.74. The van der Waals surface area contributed by atoms with Crippen LogP contribution < -0.4 is 4.74 Å². The van der Waals surface area contributed by atoms with Gasteiger partial charge in [-0.3, -0.25) is 0 Å². The number of rotatable bonds is 3. The molecular formula is C13H13ClO3. The molecule has 3 nitrogen and oxygen atoms in total. The van der Waals surface area contributed by atoms with Crippen LogP contribution in [0, 0.1) is 6.92 Å². The van der Waals surface area contributed by atoms with Crippen molar-refractivity contribution < 1.29 is 14.3 Å². The van der Waals surface area contributed by atoms with Gasteiger partial charge in [-0.15, -0.1) is 0 Å². The molecule has 0 aliphatic carbocycles. The molecule has 1 heterocycles. The maximum atomic E-state index is 10.2. The Balaban J connectivity index is 2.38. The van der Waals surface area contributed by atoms with E-state index in [1.807, 2.05) is 0 Å². The maximum Gasteiger partial charge on any atom is 0.120 e. The Morgan fingerprint density at radius 2 is 2.06 bits per heavy atom. The van der Waals surface area contributed by atoms with E-state index >= 15 is 0 Å². The lowest BCUT2D eigenvalue weighted by Gasteiger charge is -2.12. The predicted octanol–water partition coefficient (Wildman–Crippen LogP) is 3.33. The van der Waals surface area contributed by atoms with Gasteiger partial charge in [0.05, 0.1) is 18.4 Å². The monoisotopic (exact) mass is 252 g/mol. The van der Waals surface area contributed by atoms with Crippen molar-refractivity contribution >= 4 is 11.6 Å². The molecule has 4 heteroatoms. The number of aliphatic hydroxyl groups excluding tert-OH is 1. The summed E-state index contributed by atoms with van der Waals surface area (Å²) in [5.41, 5.74) is 1.36. The minimum Gasteiger partial charge on any atom is -0.497 e. The Morgan fingerprint density at radius 1 is 1.29 bits per heavy atom. The second-order valence-electron chi connectivity index (χ2n) is 3.72. The molecule has 1 aromatic carbocycles. The number of ether oxygens (including phenoxy) is 1. The number of hydrogen-bond donors (Lipinski definition) is 1. The normalized spacial score (nSPS) is 12.5. The summed E-state index contributed by atoms with van der Waals surface area (Å²) in [5.74, 6) is 1.35. The highest BCUT2D eigenvalue weighted by Gasteiger charge is 2.17. The van der Waals surface area contributed by atoms with Crippen molar-refractivity contribution in [2.45, 2.75) is 13.0 Å². The van der Waals surface area contributed by atoms with Crippen LogP contribution in [0.3, 0.4) is 0 Å². The molecule has 17 heavy (non-hydrogen) atoms. The Bertz CT molecular complexity index is 519. The van der Waals surface area contributed by atoms with Crippen LogP contribution in [0.15, 0.2) is 34.9 Å². The van der Waals surface area contributed by atoms with E-state index in [9.17, 15) is 5.11 Å². The first kappa shape index (κ1) is 12.0. The van der Waals surface area contributed by atoms with Gasteiger partial charge in [-0.05, 0) is 25.1 Å². The summed E-state index contributed by atoms with van der Waals surface area (Å²) in [6.07, 6.45) is 0.762. The second-order valence-corrected chi connectivity index (χ2v) is 4.13. The third-order valence-corrected chi connectivity index (χ3v) is 3.02. The molecule has 0 amide bonds. The van der Waals surface area contributed by atoms with Crippen LogP contribution in [0.1, 0.15) is 23.0 Å². The number of hydrogen-bond acceptors (Lipinski definition) is 3. The topological polar surface area (TPSA) is 42.6 Å². The van der Waals surface area contributed by atoms with Gasteiger partial charge in [-0.1, -0.05) is 17.7 Å². The van der Waals surface area contributed by atoms with Crippen molar-refractivity contribution in [3.63, 3.8) is 0 Å². The summed E-state index contributed by atoms with van der Waals surface area (Å²) in [6.45, 7) is 1.80. The molecule has 0 radical (unpaired) electrons. The first-order chi connectivity index (χ1) is 8.13. The highest BCUT2D eigenvalue weighted by Crippen LogP contribution is 2.32. The molecule has 90 valence electrons. The van der Waals surface area contributed by atoms with E-state index in [0.717, 1.165) is 5.56 Å². The zero-order valence-electron chi connectivity index (χ0n) is 9.61. The molecule has 0 fully saturated rings. The summed E-state index contributed by atoms with van der Waals surface area (Å²) in [7, 11) is 1.57. The average molecular weight is 253 g/mol. The molecule has 1 unspecified atom stereocenters. The highest BCUT2D eigenvalue weighted by atomic mass is 35.5. The van der Waals surface area contributed by atoms with Crippen LogP contribution in [0.4, 0.5) is 0 Å². The van der Waals surface area contributed by atoms with Crippen molar-refractivity contribution in [1.29, 1.82) is 0 Å².